The van der Waals surface area contributed by atoms with Gasteiger partial charge in [-0.05, 0) is 29.7 Å². The molecule has 0 bridgehead atoms. The van der Waals surface area contributed by atoms with Gasteiger partial charge in [-0.1, -0.05) is 30.3 Å². The van der Waals surface area contributed by atoms with Crippen molar-refractivity contribution >= 4 is 5.91 Å². The van der Waals surface area contributed by atoms with Crippen molar-refractivity contribution in [3.05, 3.63) is 66.0 Å². The third-order valence-electron chi connectivity index (χ3n) is 4.79. The molecule has 1 atom stereocenters. The van der Waals surface area contributed by atoms with Crippen molar-refractivity contribution in [3.8, 4) is 0 Å². The fraction of sp³-hybridized carbons (Fsp3) is 0.429. The van der Waals surface area contributed by atoms with Crippen LogP contribution < -0.4 is 0 Å². The van der Waals surface area contributed by atoms with E-state index < -0.39 is 0 Å². The molecule has 3 rings (SSSR count). The number of likely N-dealkylation sites (N-methyl/N-ethyl adjacent to an activating group) is 1. The second-order valence-electron chi connectivity index (χ2n) is 6.84. The number of morpholine rings is 1. The highest BCUT2D eigenvalue weighted by molar-refractivity contribution is 5.76. The quantitative estimate of drug-likeness (QED) is 0.767. The van der Waals surface area contributed by atoms with Crippen LogP contribution in [0.3, 0.4) is 0 Å². The zero-order chi connectivity index (χ0) is 18.2. The van der Waals surface area contributed by atoms with E-state index in [0.717, 1.165) is 26.1 Å². The van der Waals surface area contributed by atoms with Crippen molar-refractivity contribution in [2.24, 2.45) is 0 Å². The monoisotopic (exact) mass is 353 g/mol. The molecule has 1 aliphatic rings. The van der Waals surface area contributed by atoms with E-state index in [4.69, 9.17) is 4.74 Å². The van der Waals surface area contributed by atoms with E-state index in [0.29, 0.717) is 19.6 Å². The topological polar surface area (TPSA) is 45.7 Å². The van der Waals surface area contributed by atoms with Gasteiger partial charge in [0.1, 0.15) is 0 Å². The number of rotatable bonds is 7. The van der Waals surface area contributed by atoms with E-state index in [1.54, 1.807) is 17.3 Å². The Kier molecular flexibility index (Phi) is 6.75. The van der Waals surface area contributed by atoms with Crippen LogP contribution in [-0.4, -0.2) is 60.1 Å². The van der Waals surface area contributed by atoms with Crippen LogP contribution in [0.4, 0.5) is 0 Å². The molecular formula is C21H27N3O2. The minimum absolute atomic E-state index is 0.0247. The fourth-order valence-electron chi connectivity index (χ4n) is 3.21. The Bertz CT molecular complexity index is 678. The first-order valence-electron chi connectivity index (χ1n) is 9.21. The van der Waals surface area contributed by atoms with Gasteiger partial charge in [-0.3, -0.25) is 14.7 Å². The zero-order valence-corrected chi connectivity index (χ0v) is 15.4. The van der Waals surface area contributed by atoms with Gasteiger partial charge in [-0.2, -0.15) is 0 Å². The molecule has 0 aliphatic carbocycles. The molecule has 2 aromatic rings. The number of hydrogen-bond donors (Lipinski definition) is 0. The van der Waals surface area contributed by atoms with Crippen LogP contribution in [0.25, 0.3) is 0 Å². The highest BCUT2D eigenvalue weighted by Crippen LogP contribution is 2.13. The normalized spacial score (nSPS) is 17.8. The summed E-state index contributed by atoms with van der Waals surface area (Å²) in [4.78, 5) is 20.7. The molecule has 1 aromatic heterocycles. The molecule has 2 heterocycles. The molecule has 5 nitrogen and oxygen atoms in total. The largest absolute Gasteiger partial charge is 0.375 e. The predicted octanol–water partition coefficient (Wildman–Crippen LogP) is 2.37. The molecule has 138 valence electrons. The Morgan fingerprint density at radius 2 is 1.96 bits per heavy atom. The van der Waals surface area contributed by atoms with Gasteiger partial charge in [0, 0.05) is 45.6 Å². The average molecular weight is 353 g/mol. The summed E-state index contributed by atoms with van der Waals surface area (Å²) in [5, 5.41) is 0. The summed E-state index contributed by atoms with van der Waals surface area (Å²) >= 11 is 0. The van der Waals surface area contributed by atoms with Crippen molar-refractivity contribution in [1.29, 1.82) is 0 Å². The number of carbonyl (C=O) groups is 1. The number of nitrogens with zero attached hydrogens (tertiary/aromatic N) is 3. The van der Waals surface area contributed by atoms with Crippen molar-refractivity contribution in [3.63, 3.8) is 0 Å². The van der Waals surface area contributed by atoms with Crippen molar-refractivity contribution in [2.75, 3.05) is 33.3 Å². The lowest BCUT2D eigenvalue weighted by molar-refractivity contribution is -0.135. The Morgan fingerprint density at radius 1 is 1.19 bits per heavy atom. The van der Waals surface area contributed by atoms with Gasteiger partial charge in [-0.15, -0.1) is 0 Å². The molecule has 1 fully saturated rings. The molecule has 1 unspecified atom stereocenters. The van der Waals surface area contributed by atoms with Gasteiger partial charge in [-0.25, -0.2) is 0 Å². The SMILES string of the molecule is CN(CCc1ccncc1)C(=O)CC1CN(Cc2ccccc2)CCO1. The van der Waals surface area contributed by atoms with Crippen LogP contribution in [-0.2, 0) is 22.5 Å². The van der Waals surface area contributed by atoms with Gasteiger partial charge in [0.05, 0.1) is 19.1 Å². The minimum Gasteiger partial charge on any atom is -0.375 e. The minimum atomic E-state index is -0.0247. The maximum Gasteiger partial charge on any atom is 0.224 e. The van der Waals surface area contributed by atoms with E-state index in [2.05, 4.69) is 34.1 Å². The molecule has 1 aromatic carbocycles. The van der Waals surface area contributed by atoms with Crippen LogP contribution in [0.2, 0.25) is 0 Å². The standard InChI is InChI=1S/C21H27N3O2/c1-23(12-9-18-7-10-22-11-8-18)21(25)15-20-17-24(13-14-26-20)16-19-5-3-2-4-6-19/h2-8,10-11,20H,9,12-17H2,1H3. The van der Waals surface area contributed by atoms with Crippen molar-refractivity contribution in [1.82, 2.24) is 14.8 Å². The first-order chi connectivity index (χ1) is 12.7. The zero-order valence-electron chi connectivity index (χ0n) is 15.4. The predicted molar refractivity (Wildman–Crippen MR) is 102 cm³/mol. The van der Waals surface area contributed by atoms with Crippen LogP contribution in [0.15, 0.2) is 54.9 Å². The van der Waals surface area contributed by atoms with E-state index in [9.17, 15) is 4.79 Å². The lowest BCUT2D eigenvalue weighted by Gasteiger charge is -2.33. The number of amides is 1. The fourth-order valence-corrected chi connectivity index (χ4v) is 3.21. The molecule has 0 N–H and O–H groups in total. The summed E-state index contributed by atoms with van der Waals surface area (Å²) in [6.07, 6.45) is 4.83. The van der Waals surface area contributed by atoms with Crippen LogP contribution in [0.5, 0.6) is 0 Å². The van der Waals surface area contributed by atoms with Crippen LogP contribution in [0.1, 0.15) is 17.5 Å². The second-order valence-corrected chi connectivity index (χ2v) is 6.84. The van der Waals surface area contributed by atoms with Gasteiger partial charge in [0.25, 0.3) is 0 Å². The smallest absolute Gasteiger partial charge is 0.224 e. The molecule has 5 heteroatoms. The lowest BCUT2D eigenvalue weighted by atomic mass is 10.1. The molecule has 26 heavy (non-hydrogen) atoms. The first kappa shape index (κ1) is 18.5. The molecule has 0 saturated carbocycles. The number of benzene rings is 1. The van der Waals surface area contributed by atoms with Crippen molar-refractivity contribution in [2.45, 2.75) is 25.5 Å². The van der Waals surface area contributed by atoms with Crippen molar-refractivity contribution < 1.29 is 9.53 Å². The molecule has 0 radical (unpaired) electrons. The summed E-state index contributed by atoms with van der Waals surface area (Å²) in [7, 11) is 1.87. The highest BCUT2D eigenvalue weighted by atomic mass is 16.5. The van der Waals surface area contributed by atoms with Gasteiger partial charge >= 0.3 is 0 Å². The number of hydrogen-bond acceptors (Lipinski definition) is 4. The van der Waals surface area contributed by atoms with Gasteiger partial charge in [0.2, 0.25) is 5.91 Å². The van der Waals surface area contributed by atoms with Gasteiger partial charge in [0.15, 0.2) is 0 Å². The second kappa shape index (κ2) is 9.46. The number of aromatic nitrogens is 1. The maximum absolute atomic E-state index is 12.5. The first-order valence-corrected chi connectivity index (χ1v) is 9.21. The molecule has 1 saturated heterocycles. The lowest BCUT2D eigenvalue weighted by Crippen LogP contribution is -2.44. The number of pyridine rings is 1. The molecule has 1 amide bonds. The molecule has 1 aliphatic heterocycles. The Morgan fingerprint density at radius 3 is 2.73 bits per heavy atom. The maximum atomic E-state index is 12.5. The number of ether oxygens (including phenoxy) is 1. The van der Waals surface area contributed by atoms with E-state index in [-0.39, 0.29) is 12.0 Å². The molecule has 0 spiro atoms. The Hall–Kier alpha value is -2.24. The third-order valence-corrected chi connectivity index (χ3v) is 4.79. The van der Waals surface area contributed by atoms with E-state index in [1.165, 1.54) is 11.1 Å². The summed E-state index contributed by atoms with van der Waals surface area (Å²) in [6.45, 7) is 4.03. The highest BCUT2D eigenvalue weighted by Gasteiger charge is 2.24. The van der Waals surface area contributed by atoms with Gasteiger partial charge < -0.3 is 9.64 Å². The Balaban J connectivity index is 1.44. The van der Waals surface area contributed by atoms with E-state index in [1.807, 2.05) is 25.2 Å². The van der Waals surface area contributed by atoms with Crippen LogP contribution in [0, 0.1) is 0 Å². The third kappa shape index (κ3) is 5.64. The van der Waals surface area contributed by atoms with Crippen LogP contribution >= 0.6 is 0 Å². The summed E-state index contributed by atoms with van der Waals surface area (Å²) in [5.41, 5.74) is 2.50. The summed E-state index contributed by atoms with van der Waals surface area (Å²) < 4.78 is 5.83. The molecular weight excluding hydrogens is 326 g/mol. The number of carbonyl (C=O) groups excluding carboxylic acids is 1. The van der Waals surface area contributed by atoms with E-state index >= 15 is 0 Å². The summed E-state index contributed by atoms with van der Waals surface area (Å²) in [5.74, 6) is 0.144. The Labute approximate surface area is 155 Å². The summed E-state index contributed by atoms with van der Waals surface area (Å²) in [6, 6.07) is 14.4. The average Bonchev–Trinajstić information content (AvgIpc) is 2.68.